The van der Waals surface area contributed by atoms with Crippen LogP contribution in [0.3, 0.4) is 0 Å². The van der Waals surface area contributed by atoms with Gasteiger partial charge in [-0.1, -0.05) is 35.5 Å². The van der Waals surface area contributed by atoms with Crippen molar-refractivity contribution in [2.45, 2.75) is 5.16 Å². The first-order valence-electron chi connectivity index (χ1n) is 8.57. The summed E-state index contributed by atoms with van der Waals surface area (Å²) in [5.74, 6) is -0.666. The number of benzene rings is 2. The molecular weight excluding hydrogens is 424 g/mol. The summed E-state index contributed by atoms with van der Waals surface area (Å²) in [4.78, 5) is 32.9. The first kappa shape index (κ1) is 21.1. The standard InChI is InChI=1S/C20H15ClN6O2S/c21-13-5-7-14(8-6-13)25-19(29)15-3-1-2-4-16(15)26-17(28)11-30-20-24-10-12(9-22)18(23)27-20/h1-8,10H,11H2,(H,25,29)(H,26,28)(H2,23,24,27). The topological polar surface area (TPSA) is 134 Å². The molecule has 3 aromatic rings. The minimum atomic E-state index is -0.371. The van der Waals surface area contributed by atoms with Gasteiger partial charge in [0.25, 0.3) is 5.91 Å². The van der Waals surface area contributed by atoms with Crippen molar-refractivity contribution in [1.29, 1.82) is 5.26 Å². The molecule has 0 unspecified atom stereocenters. The van der Waals surface area contributed by atoms with E-state index in [-0.39, 0.29) is 34.1 Å². The Hall–Kier alpha value is -3.61. The van der Waals surface area contributed by atoms with Crippen molar-refractivity contribution in [3.05, 3.63) is 70.9 Å². The molecule has 150 valence electrons. The lowest BCUT2D eigenvalue weighted by atomic mass is 10.1. The monoisotopic (exact) mass is 438 g/mol. The SMILES string of the molecule is N#Cc1cnc(SCC(=O)Nc2ccccc2C(=O)Nc2ccc(Cl)cc2)nc1N. The maximum Gasteiger partial charge on any atom is 0.257 e. The number of aromatic nitrogens is 2. The highest BCUT2D eigenvalue weighted by Crippen LogP contribution is 2.20. The van der Waals surface area contributed by atoms with Crippen LogP contribution in [0.15, 0.2) is 59.9 Å². The van der Waals surface area contributed by atoms with Crippen LogP contribution in [-0.4, -0.2) is 27.5 Å². The minimum absolute atomic E-state index is 0.00151. The fourth-order valence-electron chi connectivity index (χ4n) is 2.37. The van der Waals surface area contributed by atoms with E-state index in [1.165, 1.54) is 6.20 Å². The van der Waals surface area contributed by atoms with Crippen molar-refractivity contribution < 1.29 is 9.59 Å². The van der Waals surface area contributed by atoms with Gasteiger partial charge in [0.1, 0.15) is 17.5 Å². The normalized spacial score (nSPS) is 10.1. The van der Waals surface area contributed by atoms with Gasteiger partial charge in [0.15, 0.2) is 5.16 Å². The molecule has 1 aromatic heterocycles. The Morgan fingerprint density at radius 1 is 1.13 bits per heavy atom. The zero-order valence-electron chi connectivity index (χ0n) is 15.4. The Morgan fingerprint density at radius 2 is 1.87 bits per heavy atom. The number of anilines is 3. The number of carbonyl (C=O) groups is 2. The summed E-state index contributed by atoms with van der Waals surface area (Å²) in [5, 5.41) is 15.2. The third-order valence-corrected chi connectivity index (χ3v) is 4.91. The molecule has 2 amide bonds. The number of nitrogens with one attached hydrogen (secondary N) is 2. The molecule has 1 heterocycles. The van der Waals surface area contributed by atoms with Crippen LogP contribution in [0.5, 0.6) is 0 Å². The highest BCUT2D eigenvalue weighted by atomic mass is 35.5. The second-order valence-electron chi connectivity index (χ2n) is 5.91. The van der Waals surface area contributed by atoms with Crippen LogP contribution in [0.1, 0.15) is 15.9 Å². The highest BCUT2D eigenvalue weighted by Gasteiger charge is 2.14. The minimum Gasteiger partial charge on any atom is -0.382 e. The summed E-state index contributed by atoms with van der Waals surface area (Å²) in [7, 11) is 0. The van der Waals surface area contributed by atoms with Crippen LogP contribution < -0.4 is 16.4 Å². The third kappa shape index (κ3) is 5.47. The number of nitriles is 1. The zero-order valence-corrected chi connectivity index (χ0v) is 17.0. The van der Waals surface area contributed by atoms with Crippen molar-refractivity contribution in [2.24, 2.45) is 0 Å². The highest BCUT2D eigenvalue weighted by molar-refractivity contribution is 7.99. The van der Waals surface area contributed by atoms with Crippen molar-refractivity contribution in [3.8, 4) is 6.07 Å². The van der Waals surface area contributed by atoms with E-state index in [9.17, 15) is 9.59 Å². The molecule has 0 radical (unpaired) electrons. The van der Waals surface area contributed by atoms with E-state index in [1.807, 2.05) is 6.07 Å². The van der Waals surface area contributed by atoms with E-state index in [0.29, 0.717) is 22.0 Å². The number of rotatable bonds is 6. The third-order valence-electron chi connectivity index (χ3n) is 3.80. The van der Waals surface area contributed by atoms with Gasteiger partial charge in [-0.25, -0.2) is 9.97 Å². The number of amides is 2. The molecule has 4 N–H and O–H groups in total. The zero-order chi connectivity index (χ0) is 21.5. The number of para-hydroxylation sites is 1. The van der Waals surface area contributed by atoms with Gasteiger partial charge in [-0.15, -0.1) is 0 Å². The molecule has 0 saturated heterocycles. The molecule has 0 aliphatic carbocycles. The second-order valence-corrected chi connectivity index (χ2v) is 7.29. The van der Waals surface area contributed by atoms with Crippen LogP contribution in [0, 0.1) is 11.3 Å². The lowest BCUT2D eigenvalue weighted by molar-refractivity contribution is -0.113. The summed E-state index contributed by atoms with van der Waals surface area (Å²) in [6, 6.07) is 15.2. The molecule has 0 aliphatic heterocycles. The quantitative estimate of drug-likeness (QED) is 0.395. The van der Waals surface area contributed by atoms with Crippen LogP contribution in [0.4, 0.5) is 17.2 Å². The Balaban J connectivity index is 1.64. The molecule has 3 rings (SSSR count). The van der Waals surface area contributed by atoms with Crippen molar-refractivity contribution in [1.82, 2.24) is 9.97 Å². The van der Waals surface area contributed by atoms with Crippen LogP contribution >= 0.6 is 23.4 Å². The molecule has 0 spiro atoms. The molecule has 8 nitrogen and oxygen atoms in total. The number of hydrogen-bond acceptors (Lipinski definition) is 7. The Bertz CT molecular complexity index is 1130. The number of carbonyl (C=O) groups excluding carboxylic acids is 2. The Kier molecular flexibility index (Phi) is 6.85. The maximum atomic E-state index is 12.6. The van der Waals surface area contributed by atoms with Gasteiger partial charge in [-0.3, -0.25) is 9.59 Å². The lowest BCUT2D eigenvalue weighted by Crippen LogP contribution is -2.19. The summed E-state index contributed by atoms with van der Waals surface area (Å²) < 4.78 is 0. The molecule has 30 heavy (non-hydrogen) atoms. The van der Waals surface area contributed by atoms with Gasteiger partial charge >= 0.3 is 0 Å². The first-order chi connectivity index (χ1) is 14.5. The van der Waals surface area contributed by atoms with Gasteiger partial charge in [0.05, 0.1) is 23.2 Å². The van der Waals surface area contributed by atoms with E-state index in [4.69, 9.17) is 22.6 Å². The molecule has 0 atom stereocenters. The average molecular weight is 439 g/mol. The number of thioether (sulfide) groups is 1. The Morgan fingerprint density at radius 3 is 2.57 bits per heavy atom. The maximum absolute atomic E-state index is 12.6. The number of nitrogen functional groups attached to an aromatic ring is 1. The van der Waals surface area contributed by atoms with Crippen LogP contribution in [0.25, 0.3) is 0 Å². The average Bonchev–Trinajstić information content (AvgIpc) is 2.74. The van der Waals surface area contributed by atoms with Gasteiger partial charge in [-0.05, 0) is 36.4 Å². The molecule has 0 fully saturated rings. The van der Waals surface area contributed by atoms with Crippen molar-refractivity contribution >= 4 is 52.4 Å². The number of hydrogen-bond donors (Lipinski definition) is 3. The molecule has 10 heteroatoms. The van der Waals surface area contributed by atoms with Crippen molar-refractivity contribution in [3.63, 3.8) is 0 Å². The van der Waals surface area contributed by atoms with E-state index in [1.54, 1.807) is 48.5 Å². The predicted molar refractivity (Wildman–Crippen MR) is 116 cm³/mol. The second kappa shape index (κ2) is 9.73. The summed E-state index contributed by atoms with van der Waals surface area (Å²) in [5.41, 5.74) is 7.08. The van der Waals surface area contributed by atoms with Crippen molar-refractivity contribution in [2.75, 3.05) is 22.1 Å². The number of nitrogens with two attached hydrogens (primary N) is 1. The van der Waals surface area contributed by atoms with Gasteiger partial charge in [0.2, 0.25) is 5.91 Å². The fourth-order valence-corrected chi connectivity index (χ4v) is 3.12. The molecule has 0 aliphatic rings. The molecule has 2 aromatic carbocycles. The van der Waals surface area contributed by atoms with E-state index in [0.717, 1.165) is 11.8 Å². The van der Waals surface area contributed by atoms with E-state index >= 15 is 0 Å². The molecule has 0 saturated carbocycles. The summed E-state index contributed by atoms with van der Waals surface area (Å²) >= 11 is 6.92. The predicted octanol–water partition coefficient (Wildman–Crippen LogP) is 3.57. The summed E-state index contributed by atoms with van der Waals surface area (Å²) in [6.45, 7) is 0. The number of nitrogens with zero attached hydrogens (tertiary/aromatic N) is 3. The molecular formula is C20H15ClN6O2S. The smallest absolute Gasteiger partial charge is 0.257 e. The Labute approximate surface area is 181 Å². The van der Waals surface area contributed by atoms with E-state index < -0.39 is 0 Å². The summed E-state index contributed by atoms with van der Waals surface area (Å²) in [6.07, 6.45) is 1.30. The first-order valence-corrected chi connectivity index (χ1v) is 9.94. The lowest BCUT2D eigenvalue weighted by Gasteiger charge is -2.11. The molecule has 0 bridgehead atoms. The largest absolute Gasteiger partial charge is 0.382 e. The van der Waals surface area contributed by atoms with Gasteiger partial charge in [0, 0.05) is 10.7 Å². The van der Waals surface area contributed by atoms with Gasteiger partial charge in [-0.2, -0.15) is 5.26 Å². The fraction of sp³-hybridized carbons (Fsp3) is 0.0500. The van der Waals surface area contributed by atoms with Crippen LogP contribution in [-0.2, 0) is 4.79 Å². The van der Waals surface area contributed by atoms with E-state index in [2.05, 4.69) is 20.6 Å². The van der Waals surface area contributed by atoms with Crippen LogP contribution in [0.2, 0.25) is 5.02 Å². The number of halogens is 1. The van der Waals surface area contributed by atoms with Gasteiger partial charge < -0.3 is 16.4 Å².